The summed E-state index contributed by atoms with van der Waals surface area (Å²) in [7, 11) is 0. The summed E-state index contributed by atoms with van der Waals surface area (Å²) >= 11 is 0. The fourth-order valence-electron chi connectivity index (χ4n) is 6.36. The van der Waals surface area contributed by atoms with E-state index in [9.17, 15) is 18.0 Å². The van der Waals surface area contributed by atoms with E-state index in [1.54, 1.807) is 13.8 Å². The van der Waals surface area contributed by atoms with Gasteiger partial charge in [-0.05, 0) is 60.3 Å². The van der Waals surface area contributed by atoms with Gasteiger partial charge in [0.05, 0.1) is 5.52 Å². The van der Waals surface area contributed by atoms with Gasteiger partial charge in [0.1, 0.15) is 0 Å². The number of hydrogen-bond donors (Lipinski definition) is 1. The molecule has 5 rings (SSSR count). The number of pyridine rings is 1. The summed E-state index contributed by atoms with van der Waals surface area (Å²) in [4.78, 5) is 16.0. The molecule has 0 aliphatic heterocycles. The molecule has 1 fully saturated rings. The molecule has 7 heteroatoms. The SMILES string of the molecule is CC(C)CC(=O)/C=C(\O)C(F)(F)F.Cc1cc(C)c2c(CC3CCCC3)cc(-c3[c-]c4ccccc4c(C(C)(C)C)c3)nc2c1.[Ir]. The van der Waals surface area contributed by atoms with Gasteiger partial charge in [-0.3, -0.25) is 9.78 Å². The molecule has 0 unspecified atom stereocenters. The standard InChI is InChI=1S/C31H34N.C8H11F3O2.Ir/c1-20-14-21(2)30-25(16-22-10-6-7-11-22)19-28(32-29(30)15-20)24-17-23-12-8-9-13-26(23)27(18-24)31(3,4)5;1-5(2)3-6(12)4-7(13)8(9,10)11;/h8-9,12-15,18-19,22H,6-7,10-11,16H2,1-5H3;4-5,13H,3H2,1-2H3;/q-1;;/b;7-4-;. The van der Waals surface area contributed by atoms with E-state index in [0.717, 1.165) is 29.1 Å². The molecule has 3 aromatic carbocycles. The molecule has 1 radical (unpaired) electrons. The number of halogens is 3. The third kappa shape index (κ3) is 9.51. The molecule has 0 bridgehead atoms. The number of carbonyl (C=O) groups is 1. The molecule has 1 saturated carbocycles. The summed E-state index contributed by atoms with van der Waals surface area (Å²) in [6.45, 7) is 14.7. The first kappa shape index (κ1) is 37.4. The first-order valence-corrected chi connectivity index (χ1v) is 15.9. The van der Waals surface area contributed by atoms with Crippen molar-refractivity contribution in [3.8, 4) is 11.3 Å². The number of aliphatic hydroxyl groups is 1. The van der Waals surface area contributed by atoms with Crippen LogP contribution in [0.2, 0.25) is 0 Å². The van der Waals surface area contributed by atoms with Crippen LogP contribution in [0.5, 0.6) is 0 Å². The summed E-state index contributed by atoms with van der Waals surface area (Å²) in [6, 6.07) is 21.6. The van der Waals surface area contributed by atoms with Crippen LogP contribution in [0.4, 0.5) is 13.2 Å². The number of carbonyl (C=O) groups excluding carboxylic acids is 1. The Labute approximate surface area is 285 Å². The Kier molecular flexibility index (Phi) is 12.4. The Morgan fingerprint density at radius 1 is 1.04 bits per heavy atom. The van der Waals surface area contributed by atoms with Crippen LogP contribution < -0.4 is 0 Å². The van der Waals surface area contributed by atoms with E-state index < -0.39 is 17.7 Å². The first-order valence-electron chi connectivity index (χ1n) is 15.9. The summed E-state index contributed by atoms with van der Waals surface area (Å²) < 4.78 is 35.0. The molecule has 0 saturated heterocycles. The Bertz CT molecular complexity index is 1710. The van der Waals surface area contributed by atoms with Crippen molar-refractivity contribution in [1.29, 1.82) is 0 Å². The molecule has 1 aliphatic rings. The first-order chi connectivity index (χ1) is 21.0. The summed E-state index contributed by atoms with van der Waals surface area (Å²) in [5.74, 6) is -1.77. The molecule has 1 N–H and O–H groups in total. The van der Waals surface area contributed by atoms with Gasteiger partial charge in [0, 0.05) is 43.7 Å². The molecule has 4 aromatic rings. The van der Waals surface area contributed by atoms with E-state index in [-0.39, 0.29) is 43.9 Å². The van der Waals surface area contributed by atoms with E-state index in [1.165, 1.54) is 64.1 Å². The van der Waals surface area contributed by atoms with E-state index in [2.05, 4.69) is 89.2 Å². The smallest absolute Gasteiger partial charge is 0.448 e. The second kappa shape index (κ2) is 15.3. The van der Waals surface area contributed by atoms with Crippen LogP contribution in [-0.2, 0) is 36.7 Å². The van der Waals surface area contributed by atoms with Crippen molar-refractivity contribution >= 4 is 27.5 Å². The fraction of sp³-hybridized carbons (Fsp3) is 0.436. The Morgan fingerprint density at radius 2 is 1.70 bits per heavy atom. The van der Waals surface area contributed by atoms with Gasteiger partial charge < -0.3 is 5.11 Å². The number of aliphatic hydroxyl groups excluding tert-OH is 1. The molecule has 1 aliphatic carbocycles. The summed E-state index contributed by atoms with van der Waals surface area (Å²) in [6.07, 6.45) is 2.04. The van der Waals surface area contributed by atoms with Crippen LogP contribution in [-0.4, -0.2) is 22.1 Å². The minimum atomic E-state index is -4.83. The Hall–Kier alpha value is -3.02. The zero-order valence-electron chi connectivity index (χ0n) is 27.9. The van der Waals surface area contributed by atoms with E-state index >= 15 is 0 Å². The van der Waals surface area contributed by atoms with Gasteiger partial charge in [-0.2, -0.15) is 13.2 Å². The average molecular weight is 809 g/mol. The van der Waals surface area contributed by atoms with Crippen molar-refractivity contribution < 1.29 is 43.2 Å². The van der Waals surface area contributed by atoms with Crippen LogP contribution >= 0.6 is 0 Å². The molecule has 1 aromatic heterocycles. The number of alkyl halides is 3. The van der Waals surface area contributed by atoms with Gasteiger partial charge in [0.25, 0.3) is 0 Å². The predicted molar refractivity (Wildman–Crippen MR) is 179 cm³/mol. The maximum atomic E-state index is 11.7. The number of hydrogen-bond acceptors (Lipinski definition) is 3. The normalized spacial score (nSPS) is 14.4. The topological polar surface area (TPSA) is 50.2 Å². The number of ketones is 1. The van der Waals surface area contributed by atoms with Crippen LogP contribution in [0, 0.1) is 31.7 Å². The van der Waals surface area contributed by atoms with Crippen molar-refractivity contribution in [2.45, 2.75) is 98.6 Å². The predicted octanol–water partition coefficient (Wildman–Crippen LogP) is 11.1. The number of fused-ring (bicyclic) bond motifs is 2. The zero-order valence-corrected chi connectivity index (χ0v) is 30.3. The largest absolute Gasteiger partial charge is 0.504 e. The minimum absolute atomic E-state index is 0. The maximum Gasteiger partial charge on any atom is 0.448 e. The van der Waals surface area contributed by atoms with E-state index in [4.69, 9.17) is 10.1 Å². The number of rotatable bonds is 6. The van der Waals surface area contributed by atoms with Crippen molar-refractivity contribution in [1.82, 2.24) is 4.98 Å². The van der Waals surface area contributed by atoms with Crippen LogP contribution in [0.15, 0.2) is 60.4 Å². The molecule has 249 valence electrons. The van der Waals surface area contributed by atoms with Gasteiger partial charge in [-0.15, -0.1) is 29.1 Å². The molecule has 0 atom stereocenters. The molecular weight excluding hydrogens is 764 g/mol. The number of aromatic nitrogens is 1. The number of aryl methyl sites for hydroxylation is 2. The number of benzene rings is 3. The van der Waals surface area contributed by atoms with Crippen LogP contribution in [0.3, 0.4) is 0 Å². The van der Waals surface area contributed by atoms with Crippen molar-refractivity contribution in [2.75, 3.05) is 0 Å². The van der Waals surface area contributed by atoms with Crippen molar-refractivity contribution in [2.24, 2.45) is 11.8 Å². The average Bonchev–Trinajstić information content (AvgIpc) is 3.43. The summed E-state index contributed by atoms with van der Waals surface area (Å²) in [5, 5.41) is 12.2. The van der Waals surface area contributed by atoms with Gasteiger partial charge >= 0.3 is 6.18 Å². The third-order valence-electron chi connectivity index (χ3n) is 8.37. The molecule has 46 heavy (non-hydrogen) atoms. The zero-order chi connectivity index (χ0) is 33.1. The second-order valence-electron chi connectivity index (χ2n) is 14.0. The van der Waals surface area contributed by atoms with Gasteiger partial charge in [0.2, 0.25) is 5.76 Å². The molecule has 1 heterocycles. The second-order valence-corrected chi connectivity index (χ2v) is 14.0. The molecule has 0 amide bonds. The molecular formula is C39H45F3IrNO2-. The van der Waals surface area contributed by atoms with Gasteiger partial charge in [-0.1, -0.05) is 102 Å². The molecule has 3 nitrogen and oxygen atoms in total. The quantitative estimate of drug-likeness (QED) is 0.120. The van der Waals surface area contributed by atoms with Crippen LogP contribution in [0.1, 0.15) is 89.0 Å². The third-order valence-corrected chi connectivity index (χ3v) is 8.37. The number of allylic oxidation sites excluding steroid dienone is 2. The van der Waals surface area contributed by atoms with Crippen molar-refractivity contribution in [3.05, 3.63) is 88.7 Å². The maximum absolute atomic E-state index is 11.7. The van der Waals surface area contributed by atoms with E-state index in [0.29, 0.717) is 0 Å². The van der Waals surface area contributed by atoms with Gasteiger partial charge in [0.15, 0.2) is 5.78 Å². The Morgan fingerprint density at radius 3 is 2.30 bits per heavy atom. The number of nitrogens with zero attached hydrogens (tertiary/aromatic N) is 1. The fourth-order valence-corrected chi connectivity index (χ4v) is 6.36. The monoisotopic (exact) mass is 809 g/mol. The van der Waals surface area contributed by atoms with E-state index in [1.807, 2.05) is 0 Å². The van der Waals surface area contributed by atoms with Gasteiger partial charge in [-0.25, -0.2) is 0 Å². The van der Waals surface area contributed by atoms with Crippen molar-refractivity contribution in [3.63, 3.8) is 0 Å². The summed E-state index contributed by atoms with van der Waals surface area (Å²) in [5.41, 5.74) is 8.82. The Balaban J connectivity index is 0.000000352. The molecule has 0 spiro atoms. The van der Waals surface area contributed by atoms with Crippen LogP contribution in [0.25, 0.3) is 32.9 Å². The minimum Gasteiger partial charge on any atom is -0.504 e.